The quantitative estimate of drug-likeness (QED) is 0.827. The maximum Gasteiger partial charge on any atom is 0.393 e. The molecule has 2 aliphatic heterocycles. The molecule has 0 radical (unpaired) electrons. The zero-order valence-corrected chi connectivity index (χ0v) is 10.1. The Balaban J connectivity index is 1.67. The van der Waals surface area contributed by atoms with Gasteiger partial charge >= 0.3 is 6.18 Å². The molecule has 2 atom stereocenters. The van der Waals surface area contributed by atoms with Crippen LogP contribution in [0.5, 0.6) is 0 Å². The Labute approximate surface area is 101 Å². The Kier molecular flexibility index (Phi) is 4.31. The normalized spacial score (nSPS) is 31.9. The lowest BCUT2D eigenvalue weighted by molar-refractivity contribution is -0.170. The largest absolute Gasteiger partial charge is 0.393 e. The zero-order chi connectivity index (χ0) is 12.3. The molecule has 0 saturated carbocycles. The SMILES string of the molecule is FC(F)(F)C1CCN(CCC2CCCCN2)C1. The van der Waals surface area contributed by atoms with Crippen LogP contribution in [0.4, 0.5) is 13.2 Å². The van der Waals surface area contributed by atoms with E-state index in [1.54, 1.807) is 0 Å². The Bertz CT molecular complexity index is 236. The van der Waals surface area contributed by atoms with Crippen molar-refractivity contribution in [3.8, 4) is 0 Å². The van der Waals surface area contributed by atoms with Crippen LogP contribution in [0.1, 0.15) is 32.1 Å². The summed E-state index contributed by atoms with van der Waals surface area (Å²) >= 11 is 0. The molecular formula is C12H21F3N2. The lowest BCUT2D eigenvalue weighted by Gasteiger charge is -2.26. The molecule has 0 aliphatic carbocycles. The van der Waals surface area contributed by atoms with Crippen molar-refractivity contribution >= 4 is 0 Å². The smallest absolute Gasteiger partial charge is 0.314 e. The predicted molar refractivity (Wildman–Crippen MR) is 60.9 cm³/mol. The van der Waals surface area contributed by atoms with Gasteiger partial charge in [-0.1, -0.05) is 6.42 Å². The van der Waals surface area contributed by atoms with Gasteiger partial charge in [0.15, 0.2) is 0 Å². The third kappa shape index (κ3) is 3.85. The standard InChI is InChI=1S/C12H21F3N2/c13-12(14,15)10-4-7-17(9-10)8-5-11-3-1-2-6-16-11/h10-11,16H,1-9H2. The highest BCUT2D eigenvalue weighted by Gasteiger charge is 2.43. The summed E-state index contributed by atoms with van der Waals surface area (Å²) < 4.78 is 37.5. The fraction of sp³-hybridized carbons (Fsp3) is 1.00. The van der Waals surface area contributed by atoms with Gasteiger partial charge in [-0.2, -0.15) is 13.2 Å². The number of rotatable bonds is 3. The minimum absolute atomic E-state index is 0.205. The first-order valence-electron chi connectivity index (χ1n) is 6.58. The highest BCUT2D eigenvalue weighted by atomic mass is 19.4. The number of nitrogens with one attached hydrogen (secondary N) is 1. The summed E-state index contributed by atoms with van der Waals surface area (Å²) in [5.74, 6) is -1.10. The van der Waals surface area contributed by atoms with Crippen LogP contribution in [0, 0.1) is 5.92 Å². The molecule has 1 N–H and O–H groups in total. The summed E-state index contributed by atoms with van der Waals surface area (Å²) in [4.78, 5) is 1.97. The van der Waals surface area contributed by atoms with Gasteiger partial charge in [0.2, 0.25) is 0 Å². The molecule has 2 aliphatic rings. The summed E-state index contributed by atoms with van der Waals surface area (Å²) in [6.45, 7) is 2.69. The highest BCUT2D eigenvalue weighted by Crippen LogP contribution is 2.33. The van der Waals surface area contributed by atoms with E-state index in [1.165, 1.54) is 19.3 Å². The van der Waals surface area contributed by atoms with Crippen molar-refractivity contribution in [3.05, 3.63) is 0 Å². The molecule has 2 saturated heterocycles. The second-order valence-electron chi connectivity index (χ2n) is 5.26. The molecule has 0 bridgehead atoms. The van der Waals surface area contributed by atoms with E-state index in [9.17, 15) is 13.2 Å². The Morgan fingerprint density at radius 1 is 1.18 bits per heavy atom. The van der Waals surface area contributed by atoms with Crippen LogP contribution in [-0.2, 0) is 0 Å². The van der Waals surface area contributed by atoms with Crippen molar-refractivity contribution in [2.24, 2.45) is 5.92 Å². The van der Waals surface area contributed by atoms with Crippen LogP contribution in [0.2, 0.25) is 0 Å². The van der Waals surface area contributed by atoms with E-state index in [1.807, 2.05) is 4.90 Å². The first-order valence-corrected chi connectivity index (χ1v) is 6.58. The second kappa shape index (κ2) is 5.57. The maximum atomic E-state index is 12.5. The van der Waals surface area contributed by atoms with Crippen LogP contribution < -0.4 is 5.32 Å². The molecule has 2 heterocycles. The van der Waals surface area contributed by atoms with Crippen LogP contribution in [-0.4, -0.2) is 43.3 Å². The lowest BCUT2D eigenvalue weighted by Crippen LogP contribution is -2.37. The molecule has 2 rings (SSSR count). The maximum absolute atomic E-state index is 12.5. The fourth-order valence-electron chi connectivity index (χ4n) is 2.81. The number of alkyl halides is 3. The molecule has 100 valence electrons. The van der Waals surface area contributed by atoms with E-state index in [4.69, 9.17) is 0 Å². The number of likely N-dealkylation sites (tertiary alicyclic amines) is 1. The van der Waals surface area contributed by atoms with Crippen molar-refractivity contribution in [1.29, 1.82) is 0 Å². The number of halogens is 3. The van der Waals surface area contributed by atoms with E-state index < -0.39 is 12.1 Å². The molecule has 0 aromatic rings. The number of piperidine rings is 1. The molecule has 0 spiro atoms. The average molecular weight is 250 g/mol. The van der Waals surface area contributed by atoms with Crippen LogP contribution in [0.3, 0.4) is 0 Å². The summed E-state index contributed by atoms with van der Waals surface area (Å²) in [5.41, 5.74) is 0. The van der Waals surface area contributed by atoms with Gasteiger partial charge in [-0.25, -0.2) is 0 Å². The lowest BCUT2D eigenvalue weighted by atomic mass is 10.0. The van der Waals surface area contributed by atoms with Gasteiger partial charge in [0.05, 0.1) is 5.92 Å². The fourth-order valence-corrected chi connectivity index (χ4v) is 2.81. The molecule has 0 amide bonds. The third-order valence-electron chi connectivity index (χ3n) is 3.94. The van der Waals surface area contributed by atoms with Gasteiger partial charge in [-0.05, 0) is 45.3 Å². The van der Waals surface area contributed by atoms with E-state index in [-0.39, 0.29) is 13.0 Å². The first-order chi connectivity index (χ1) is 8.05. The highest BCUT2D eigenvalue weighted by molar-refractivity contribution is 4.82. The van der Waals surface area contributed by atoms with E-state index >= 15 is 0 Å². The molecule has 17 heavy (non-hydrogen) atoms. The third-order valence-corrected chi connectivity index (χ3v) is 3.94. The van der Waals surface area contributed by atoms with Crippen LogP contribution in [0.25, 0.3) is 0 Å². The second-order valence-corrected chi connectivity index (χ2v) is 5.26. The number of hydrogen-bond donors (Lipinski definition) is 1. The monoisotopic (exact) mass is 250 g/mol. The van der Waals surface area contributed by atoms with E-state index in [0.717, 1.165) is 19.5 Å². The Hall–Kier alpha value is -0.290. The van der Waals surface area contributed by atoms with Gasteiger partial charge in [-0.15, -0.1) is 0 Å². The summed E-state index contributed by atoms with van der Waals surface area (Å²) in [5, 5.41) is 3.44. The van der Waals surface area contributed by atoms with Crippen LogP contribution >= 0.6 is 0 Å². The molecule has 2 unspecified atom stereocenters. The average Bonchev–Trinajstić information content (AvgIpc) is 2.76. The molecule has 5 heteroatoms. The minimum atomic E-state index is -4.00. The number of nitrogens with zero attached hydrogens (tertiary/aromatic N) is 1. The van der Waals surface area contributed by atoms with Gasteiger partial charge in [0, 0.05) is 12.6 Å². The molecule has 2 nitrogen and oxygen atoms in total. The summed E-state index contributed by atoms with van der Waals surface area (Å²) in [6.07, 6.45) is 0.930. The van der Waals surface area contributed by atoms with E-state index in [2.05, 4.69) is 5.32 Å². The van der Waals surface area contributed by atoms with Crippen molar-refractivity contribution < 1.29 is 13.2 Å². The molecular weight excluding hydrogens is 229 g/mol. The van der Waals surface area contributed by atoms with Crippen LogP contribution in [0.15, 0.2) is 0 Å². The van der Waals surface area contributed by atoms with Crippen molar-refractivity contribution in [2.75, 3.05) is 26.2 Å². The first kappa shape index (κ1) is 13.1. The number of hydrogen-bond acceptors (Lipinski definition) is 2. The predicted octanol–water partition coefficient (Wildman–Crippen LogP) is 2.40. The van der Waals surface area contributed by atoms with Gasteiger partial charge in [0.1, 0.15) is 0 Å². The van der Waals surface area contributed by atoms with E-state index in [0.29, 0.717) is 12.6 Å². The summed E-state index contributed by atoms with van der Waals surface area (Å²) in [6, 6.07) is 0.522. The minimum Gasteiger partial charge on any atom is -0.314 e. The molecule has 0 aromatic carbocycles. The Morgan fingerprint density at radius 3 is 2.59 bits per heavy atom. The zero-order valence-electron chi connectivity index (χ0n) is 10.1. The van der Waals surface area contributed by atoms with Crippen molar-refractivity contribution in [2.45, 2.75) is 44.3 Å². The topological polar surface area (TPSA) is 15.3 Å². The van der Waals surface area contributed by atoms with Gasteiger partial charge < -0.3 is 10.2 Å². The Morgan fingerprint density at radius 2 is 2.00 bits per heavy atom. The molecule has 2 fully saturated rings. The summed E-state index contributed by atoms with van der Waals surface area (Å²) in [7, 11) is 0. The van der Waals surface area contributed by atoms with Crippen molar-refractivity contribution in [3.63, 3.8) is 0 Å². The van der Waals surface area contributed by atoms with Gasteiger partial charge in [0.25, 0.3) is 0 Å². The van der Waals surface area contributed by atoms with Gasteiger partial charge in [-0.3, -0.25) is 0 Å². The molecule has 0 aromatic heterocycles. The van der Waals surface area contributed by atoms with Crippen molar-refractivity contribution in [1.82, 2.24) is 10.2 Å².